The number of nitriles is 1. The number of rotatable bonds is 8. The molecule has 2 aliphatic heterocycles. The first-order valence-electron chi connectivity index (χ1n) is 12.9. The first kappa shape index (κ1) is 27.1. The summed E-state index contributed by atoms with van der Waals surface area (Å²) >= 11 is 6.70. The highest BCUT2D eigenvalue weighted by molar-refractivity contribution is 6.35. The number of nitrogens with zero attached hydrogens (tertiary/aromatic N) is 3. The van der Waals surface area contributed by atoms with Crippen LogP contribution in [0.3, 0.4) is 0 Å². The molecule has 0 amide bonds. The van der Waals surface area contributed by atoms with Crippen LogP contribution in [-0.4, -0.2) is 40.8 Å². The van der Waals surface area contributed by atoms with Crippen molar-refractivity contribution in [3.05, 3.63) is 52.3 Å². The van der Waals surface area contributed by atoms with Gasteiger partial charge in [0.15, 0.2) is 6.23 Å². The number of allylic oxidation sites excluding steroid dienone is 1. The van der Waals surface area contributed by atoms with Gasteiger partial charge >= 0.3 is 0 Å². The summed E-state index contributed by atoms with van der Waals surface area (Å²) in [5, 5.41) is 22.6. The summed E-state index contributed by atoms with van der Waals surface area (Å²) in [7, 11) is 0. The predicted molar refractivity (Wildman–Crippen MR) is 147 cm³/mol. The average Bonchev–Trinajstić information content (AvgIpc) is 3.41. The van der Waals surface area contributed by atoms with E-state index in [2.05, 4.69) is 58.7 Å². The molecule has 5 rings (SSSR count). The van der Waals surface area contributed by atoms with E-state index in [-0.39, 0.29) is 11.6 Å². The first-order chi connectivity index (χ1) is 18.4. The molecule has 39 heavy (non-hydrogen) atoms. The van der Waals surface area contributed by atoms with E-state index in [0.29, 0.717) is 63.7 Å². The minimum Gasteiger partial charge on any atom is -0.474 e. The maximum absolute atomic E-state index is 13.8. The molecule has 1 saturated carbocycles. The largest absolute Gasteiger partial charge is 0.474 e. The Hall–Kier alpha value is -3.49. The molecule has 1 aromatic carbocycles. The van der Waals surface area contributed by atoms with E-state index in [0.717, 1.165) is 5.70 Å². The molecule has 5 N–H and O–H groups in total. The van der Waals surface area contributed by atoms with Crippen molar-refractivity contribution in [1.82, 2.24) is 26.3 Å². The molecule has 208 valence electrons. The lowest BCUT2D eigenvalue weighted by atomic mass is 9.96. The number of ether oxygens (including phenoxy) is 1. The molecule has 3 heterocycles. The second-order valence-corrected chi connectivity index (χ2v) is 11.9. The smallest absolute Gasteiger partial charge is 0.262 e. The summed E-state index contributed by atoms with van der Waals surface area (Å²) in [5.41, 5.74) is 8.42. The number of benzene rings is 1. The van der Waals surface area contributed by atoms with Gasteiger partial charge in [0.1, 0.15) is 23.4 Å². The van der Waals surface area contributed by atoms with Gasteiger partial charge in [0.05, 0.1) is 33.2 Å². The van der Waals surface area contributed by atoms with Gasteiger partial charge in [-0.25, -0.2) is 8.78 Å². The van der Waals surface area contributed by atoms with Crippen molar-refractivity contribution < 1.29 is 13.5 Å². The predicted octanol–water partition coefficient (Wildman–Crippen LogP) is 5.16. The molecule has 2 aromatic rings. The van der Waals surface area contributed by atoms with E-state index in [9.17, 15) is 14.0 Å². The van der Waals surface area contributed by atoms with Gasteiger partial charge < -0.3 is 26.1 Å². The second kappa shape index (κ2) is 9.92. The van der Waals surface area contributed by atoms with Crippen LogP contribution in [0.15, 0.2) is 41.7 Å². The van der Waals surface area contributed by atoms with Crippen LogP contribution in [0.4, 0.5) is 20.2 Å². The summed E-state index contributed by atoms with van der Waals surface area (Å²) in [6, 6.07) is 5.37. The zero-order valence-electron chi connectivity index (χ0n) is 22.5. The standard InChI is InChI=1S/C27H33ClF2N8O/c1-14-21(34-15(2)39-14)24(20-12-38(37-36-20)27(6-7-27)25(29)30)35-17-8-18-22(33-13-26(3,4)5)16(10-31)11-32-23(18)19(28)9-17/h8-9,11-12,15,24-25,34-37H,6-7,13H2,1-5H3,(H,32,33)/t15?,24-/m1/s1. The summed E-state index contributed by atoms with van der Waals surface area (Å²) in [4.78, 5) is 4.44. The van der Waals surface area contributed by atoms with Crippen LogP contribution in [-0.2, 0) is 4.74 Å². The fourth-order valence-corrected chi connectivity index (χ4v) is 5.08. The first-order valence-corrected chi connectivity index (χ1v) is 13.3. The normalized spacial score (nSPS) is 20.8. The maximum atomic E-state index is 13.8. The summed E-state index contributed by atoms with van der Waals surface area (Å²) in [6.45, 7) is 10.7. The van der Waals surface area contributed by atoms with Crippen LogP contribution in [0.2, 0.25) is 5.02 Å². The Morgan fingerprint density at radius 1 is 1.33 bits per heavy atom. The highest BCUT2D eigenvalue weighted by atomic mass is 35.5. The van der Waals surface area contributed by atoms with Crippen LogP contribution in [0.5, 0.6) is 0 Å². The number of aromatic nitrogens is 1. The molecule has 1 unspecified atom stereocenters. The Labute approximate surface area is 231 Å². The Kier molecular flexibility index (Phi) is 6.89. The molecule has 0 radical (unpaired) electrons. The molecule has 0 saturated heterocycles. The van der Waals surface area contributed by atoms with Gasteiger partial charge in [-0.2, -0.15) is 5.26 Å². The van der Waals surface area contributed by atoms with Crippen molar-refractivity contribution in [1.29, 1.82) is 5.26 Å². The van der Waals surface area contributed by atoms with Crippen LogP contribution < -0.4 is 26.9 Å². The molecule has 0 bridgehead atoms. The lowest BCUT2D eigenvalue weighted by Crippen LogP contribution is -2.49. The monoisotopic (exact) mass is 558 g/mol. The van der Waals surface area contributed by atoms with Crippen LogP contribution in [0, 0.1) is 16.7 Å². The Bertz CT molecular complexity index is 1390. The summed E-state index contributed by atoms with van der Waals surface area (Å²) < 4.78 is 33.4. The number of nitrogens with one attached hydrogen (secondary N) is 5. The Morgan fingerprint density at radius 2 is 2.08 bits per heavy atom. The number of hydrogen-bond donors (Lipinski definition) is 5. The molecule has 2 atom stereocenters. The zero-order chi connectivity index (χ0) is 28.1. The minimum atomic E-state index is -2.48. The number of alkyl halides is 2. The van der Waals surface area contributed by atoms with Crippen LogP contribution >= 0.6 is 11.6 Å². The third-order valence-corrected chi connectivity index (χ3v) is 7.37. The van der Waals surface area contributed by atoms with Crippen molar-refractivity contribution in [2.45, 2.75) is 71.7 Å². The lowest BCUT2D eigenvalue weighted by molar-refractivity contribution is 0.00912. The molecule has 9 nitrogen and oxygen atoms in total. The van der Waals surface area contributed by atoms with Gasteiger partial charge in [0, 0.05) is 30.0 Å². The van der Waals surface area contributed by atoms with E-state index in [1.54, 1.807) is 12.3 Å². The topological polar surface area (TPSA) is 109 Å². The molecule has 0 spiro atoms. The highest BCUT2D eigenvalue weighted by Gasteiger charge is 2.56. The molecule has 12 heteroatoms. The fraction of sp³-hybridized carbons (Fsp3) is 0.481. The molecule has 1 aromatic heterocycles. The van der Waals surface area contributed by atoms with E-state index >= 15 is 0 Å². The van der Waals surface area contributed by atoms with Gasteiger partial charge in [0.25, 0.3) is 6.43 Å². The number of pyridine rings is 1. The minimum absolute atomic E-state index is 0.0292. The number of halogens is 3. The van der Waals surface area contributed by atoms with Crippen LogP contribution in [0.1, 0.15) is 53.0 Å². The van der Waals surface area contributed by atoms with E-state index < -0.39 is 18.0 Å². The molecular weight excluding hydrogens is 526 g/mol. The lowest BCUT2D eigenvalue weighted by Gasteiger charge is -2.25. The van der Waals surface area contributed by atoms with Gasteiger partial charge in [-0.05, 0) is 44.2 Å². The zero-order valence-corrected chi connectivity index (χ0v) is 23.3. The van der Waals surface area contributed by atoms with Gasteiger partial charge in [-0.1, -0.05) is 32.4 Å². The maximum Gasteiger partial charge on any atom is 0.262 e. The van der Waals surface area contributed by atoms with Crippen molar-refractivity contribution >= 4 is 33.9 Å². The number of hydrogen-bond acceptors (Lipinski definition) is 9. The molecule has 1 fully saturated rings. The third kappa shape index (κ3) is 5.23. The summed E-state index contributed by atoms with van der Waals surface area (Å²) in [5.74, 6) is 0.684. The third-order valence-electron chi connectivity index (χ3n) is 7.08. The number of anilines is 2. The summed E-state index contributed by atoms with van der Waals surface area (Å²) in [6.07, 6.45) is 1.27. The highest BCUT2D eigenvalue weighted by Crippen LogP contribution is 2.47. The van der Waals surface area contributed by atoms with Gasteiger partial charge in [0.2, 0.25) is 0 Å². The van der Waals surface area contributed by atoms with Crippen molar-refractivity contribution in [3.8, 4) is 6.07 Å². The molecular formula is C27H33ClF2N8O. The average molecular weight is 559 g/mol. The Morgan fingerprint density at radius 3 is 2.67 bits per heavy atom. The SMILES string of the molecule is CC1=C([C@H](Nc2cc(Cl)c3ncc(C#N)c(NCC(C)(C)C)c3c2)C2=CN(C3(C(F)F)CC3)NN2)NC(C)O1. The van der Waals surface area contributed by atoms with Crippen molar-refractivity contribution in [3.63, 3.8) is 0 Å². The van der Waals surface area contributed by atoms with Crippen LogP contribution in [0.25, 0.3) is 10.9 Å². The number of hydrazine groups is 2. The molecule has 3 aliphatic rings. The second-order valence-electron chi connectivity index (χ2n) is 11.5. The fourth-order valence-electron chi connectivity index (χ4n) is 4.82. The van der Waals surface area contributed by atoms with E-state index in [1.807, 2.05) is 19.9 Å². The van der Waals surface area contributed by atoms with Gasteiger partial charge in [-0.15, -0.1) is 5.53 Å². The number of fused-ring (bicyclic) bond motifs is 1. The quantitative estimate of drug-likeness (QED) is 0.300. The van der Waals surface area contributed by atoms with Crippen molar-refractivity contribution in [2.24, 2.45) is 5.41 Å². The molecule has 1 aliphatic carbocycles. The van der Waals surface area contributed by atoms with Gasteiger partial charge in [-0.3, -0.25) is 9.99 Å². The van der Waals surface area contributed by atoms with E-state index in [1.165, 1.54) is 11.2 Å². The van der Waals surface area contributed by atoms with E-state index in [4.69, 9.17) is 16.3 Å². The van der Waals surface area contributed by atoms with Crippen molar-refractivity contribution in [2.75, 3.05) is 17.2 Å². The Balaban J connectivity index is 1.55.